The highest BCUT2D eigenvalue weighted by Crippen LogP contribution is 2.56. The second-order valence-electron chi connectivity index (χ2n) is 5.07. The summed E-state index contributed by atoms with van der Waals surface area (Å²) in [6, 6.07) is 13.3. The lowest BCUT2D eigenvalue weighted by Gasteiger charge is -2.27. The summed E-state index contributed by atoms with van der Waals surface area (Å²) in [5.74, 6) is 0. The normalized spacial score (nSPS) is 18.5. The van der Waals surface area contributed by atoms with Crippen molar-refractivity contribution in [1.82, 2.24) is 5.32 Å². The predicted octanol–water partition coefficient (Wildman–Crippen LogP) is 3.66. The highest BCUT2D eigenvalue weighted by atomic mass is 16.3. The Labute approximate surface area is 108 Å². The molecule has 1 fully saturated rings. The van der Waals surface area contributed by atoms with Crippen molar-refractivity contribution in [3.05, 3.63) is 60.1 Å². The first kappa shape index (κ1) is 11.5. The van der Waals surface area contributed by atoms with Gasteiger partial charge in [0.05, 0.1) is 12.5 Å². The molecule has 1 atom stereocenters. The van der Waals surface area contributed by atoms with Crippen LogP contribution in [0.2, 0.25) is 0 Å². The average Bonchev–Trinajstić information content (AvgIpc) is 3.04. The first-order valence-electron chi connectivity index (χ1n) is 6.68. The van der Waals surface area contributed by atoms with Crippen molar-refractivity contribution < 1.29 is 4.42 Å². The van der Waals surface area contributed by atoms with Crippen LogP contribution in [0.15, 0.2) is 53.3 Å². The second kappa shape index (κ2) is 4.62. The number of benzene rings is 1. The number of hydrogen-bond donors (Lipinski definition) is 1. The predicted molar refractivity (Wildman–Crippen MR) is 72.5 cm³/mol. The monoisotopic (exact) mass is 241 g/mol. The molecule has 94 valence electrons. The highest BCUT2D eigenvalue weighted by molar-refractivity contribution is 5.37. The molecule has 1 heterocycles. The van der Waals surface area contributed by atoms with Gasteiger partial charge in [-0.1, -0.05) is 37.3 Å². The number of furan rings is 1. The third-order valence-corrected chi connectivity index (χ3v) is 3.97. The molecule has 1 aliphatic carbocycles. The molecule has 1 aliphatic rings. The van der Waals surface area contributed by atoms with E-state index >= 15 is 0 Å². The lowest BCUT2D eigenvalue weighted by molar-refractivity contribution is 0.434. The summed E-state index contributed by atoms with van der Waals surface area (Å²) in [5.41, 5.74) is 2.97. The van der Waals surface area contributed by atoms with Crippen molar-refractivity contribution in [3.63, 3.8) is 0 Å². The molecule has 3 rings (SSSR count). The van der Waals surface area contributed by atoms with Gasteiger partial charge in [-0.3, -0.25) is 0 Å². The number of nitrogens with one attached hydrogen (secondary N) is 1. The van der Waals surface area contributed by atoms with E-state index in [1.807, 2.05) is 6.26 Å². The molecule has 2 aromatic rings. The fourth-order valence-electron chi connectivity index (χ4n) is 2.92. The first-order valence-corrected chi connectivity index (χ1v) is 6.68. The maximum Gasteiger partial charge on any atom is 0.0950 e. The van der Waals surface area contributed by atoms with Crippen molar-refractivity contribution in [2.45, 2.75) is 31.2 Å². The molecule has 2 heteroatoms. The Morgan fingerprint density at radius 1 is 1.22 bits per heavy atom. The fraction of sp³-hybridized carbons (Fsp3) is 0.375. The van der Waals surface area contributed by atoms with E-state index < -0.39 is 0 Å². The van der Waals surface area contributed by atoms with Gasteiger partial charge in [-0.15, -0.1) is 0 Å². The summed E-state index contributed by atoms with van der Waals surface area (Å²) in [7, 11) is 0. The third-order valence-electron chi connectivity index (χ3n) is 3.97. The standard InChI is InChI=1S/C16H19NO/c1-2-17-15(13-8-11-18-12-13)16(9-10-16)14-6-4-3-5-7-14/h3-8,11-12,15,17H,2,9-10H2,1H3. The fourth-order valence-corrected chi connectivity index (χ4v) is 2.92. The summed E-state index contributed by atoms with van der Waals surface area (Å²) < 4.78 is 5.26. The molecule has 1 saturated carbocycles. The van der Waals surface area contributed by atoms with Gasteiger partial charge in [0.2, 0.25) is 0 Å². The maximum absolute atomic E-state index is 5.26. The van der Waals surface area contributed by atoms with Crippen LogP contribution < -0.4 is 5.32 Å². The maximum atomic E-state index is 5.26. The van der Waals surface area contributed by atoms with E-state index in [2.05, 4.69) is 48.6 Å². The first-order chi connectivity index (χ1) is 8.87. The molecule has 1 N–H and O–H groups in total. The van der Waals surface area contributed by atoms with Gasteiger partial charge in [-0.2, -0.15) is 0 Å². The Morgan fingerprint density at radius 2 is 2.00 bits per heavy atom. The van der Waals surface area contributed by atoms with Crippen molar-refractivity contribution in [3.8, 4) is 0 Å². The molecule has 1 unspecified atom stereocenters. The van der Waals surface area contributed by atoms with Gasteiger partial charge in [0.25, 0.3) is 0 Å². The van der Waals surface area contributed by atoms with E-state index in [9.17, 15) is 0 Å². The smallest absolute Gasteiger partial charge is 0.0950 e. The molecule has 1 aromatic heterocycles. The summed E-state index contributed by atoms with van der Waals surface area (Å²) in [4.78, 5) is 0. The zero-order valence-corrected chi connectivity index (χ0v) is 10.7. The lowest BCUT2D eigenvalue weighted by Crippen LogP contribution is -2.31. The zero-order chi connectivity index (χ0) is 12.4. The van der Waals surface area contributed by atoms with Crippen molar-refractivity contribution >= 4 is 0 Å². The van der Waals surface area contributed by atoms with E-state index in [4.69, 9.17) is 4.42 Å². The summed E-state index contributed by atoms with van der Waals surface area (Å²) >= 11 is 0. The minimum atomic E-state index is 0.265. The minimum Gasteiger partial charge on any atom is -0.472 e. The average molecular weight is 241 g/mol. The van der Waals surface area contributed by atoms with Crippen LogP contribution in [0.3, 0.4) is 0 Å². The molecule has 18 heavy (non-hydrogen) atoms. The Bertz CT molecular complexity index is 485. The molecule has 0 aliphatic heterocycles. The summed E-state index contributed by atoms with van der Waals surface area (Å²) in [5, 5.41) is 3.63. The van der Waals surface area contributed by atoms with E-state index in [-0.39, 0.29) is 5.41 Å². The number of hydrogen-bond acceptors (Lipinski definition) is 2. The summed E-state index contributed by atoms with van der Waals surface area (Å²) in [6.45, 7) is 3.14. The Hall–Kier alpha value is -1.54. The molecule has 1 aromatic carbocycles. The van der Waals surface area contributed by atoms with E-state index in [1.165, 1.54) is 24.0 Å². The quantitative estimate of drug-likeness (QED) is 0.864. The third kappa shape index (κ3) is 1.87. The SMILES string of the molecule is CCNC(c1ccoc1)C1(c2ccccc2)CC1. The Kier molecular flexibility index (Phi) is 2.96. The van der Waals surface area contributed by atoms with Gasteiger partial charge in [0.1, 0.15) is 0 Å². The molecule has 0 amide bonds. The van der Waals surface area contributed by atoms with Crippen LogP contribution in [-0.4, -0.2) is 6.54 Å². The largest absolute Gasteiger partial charge is 0.472 e. The van der Waals surface area contributed by atoms with Crippen LogP contribution in [-0.2, 0) is 5.41 Å². The Balaban J connectivity index is 1.96. The Morgan fingerprint density at radius 3 is 2.56 bits per heavy atom. The number of rotatable bonds is 5. The van der Waals surface area contributed by atoms with Gasteiger partial charge < -0.3 is 9.73 Å². The molecule has 0 radical (unpaired) electrons. The minimum absolute atomic E-state index is 0.265. The van der Waals surface area contributed by atoms with E-state index in [0.717, 1.165) is 6.54 Å². The van der Waals surface area contributed by atoms with Crippen LogP contribution in [0.4, 0.5) is 0 Å². The van der Waals surface area contributed by atoms with Gasteiger partial charge in [-0.25, -0.2) is 0 Å². The molecular weight excluding hydrogens is 222 g/mol. The zero-order valence-electron chi connectivity index (χ0n) is 10.7. The van der Waals surface area contributed by atoms with Gasteiger partial charge >= 0.3 is 0 Å². The molecular formula is C16H19NO. The van der Waals surface area contributed by atoms with Crippen LogP contribution in [0.25, 0.3) is 0 Å². The topological polar surface area (TPSA) is 25.2 Å². The molecule has 0 spiro atoms. The van der Waals surface area contributed by atoms with Crippen LogP contribution >= 0.6 is 0 Å². The molecule has 0 saturated heterocycles. The van der Waals surface area contributed by atoms with Gasteiger partial charge in [-0.05, 0) is 31.0 Å². The van der Waals surface area contributed by atoms with Crippen LogP contribution in [0.5, 0.6) is 0 Å². The lowest BCUT2D eigenvalue weighted by atomic mass is 9.85. The van der Waals surface area contributed by atoms with Gasteiger partial charge in [0.15, 0.2) is 0 Å². The van der Waals surface area contributed by atoms with Crippen LogP contribution in [0, 0.1) is 0 Å². The second-order valence-corrected chi connectivity index (χ2v) is 5.07. The number of likely N-dealkylation sites (N-methyl/N-ethyl adjacent to an activating group) is 1. The van der Waals surface area contributed by atoms with Crippen molar-refractivity contribution in [1.29, 1.82) is 0 Å². The van der Waals surface area contributed by atoms with Gasteiger partial charge in [0, 0.05) is 17.0 Å². The van der Waals surface area contributed by atoms with Crippen molar-refractivity contribution in [2.24, 2.45) is 0 Å². The van der Waals surface area contributed by atoms with E-state index in [0.29, 0.717) is 6.04 Å². The van der Waals surface area contributed by atoms with E-state index in [1.54, 1.807) is 6.26 Å². The molecule has 2 nitrogen and oxygen atoms in total. The van der Waals surface area contributed by atoms with Crippen molar-refractivity contribution in [2.75, 3.05) is 6.54 Å². The summed E-state index contributed by atoms with van der Waals surface area (Å²) in [6.07, 6.45) is 6.14. The van der Waals surface area contributed by atoms with Crippen LogP contribution in [0.1, 0.15) is 36.9 Å². The molecule has 0 bridgehead atoms. The highest BCUT2D eigenvalue weighted by Gasteiger charge is 2.51.